The lowest BCUT2D eigenvalue weighted by atomic mass is 9.81. The summed E-state index contributed by atoms with van der Waals surface area (Å²) in [6.45, 7) is 7.93. The zero-order valence-electron chi connectivity index (χ0n) is 12.4. The first-order valence-electron chi connectivity index (χ1n) is 7.35. The molecular weight excluding hydrogens is 260 g/mol. The molecule has 0 amide bonds. The normalized spacial score (nSPS) is 56.1. The van der Waals surface area contributed by atoms with Gasteiger partial charge >= 0.3 is 0 Å². The third-order valence-corrected chi connectivity index (χ3v) is 5.25. The SMILES string of the molecule is CC1(C)OO[C@@]2(O)C[C@]3(C)O[C@H]3CC[C@]3(C)O[C@H]3C=C12. The number of rotatable bonds is 0. The fraction of sp³-hybridized carbons (Fsp3) is 0.867. The molecule has 20 heavy (non-hydrogen) atoms. The summed E-state index contributed by atoms with van der Waals surface area (Å²) < 4.78 is 11.6. The van der Waals surface area contributed by atoms with Crippen LogP contribution in [0, 0.1) is 0 Å². The Morgan fingerprint density at radius 3 is 2.60 bits per heavy atom. The van der Waals surface area contributed by atoms with E-state index in [-0.39, 0.29) is 23.4 Å². The van der Waals surface area contributed by atoms with Crippen LogP contribution in [0.25, 0.3) is 0 Å². The second-order valence-electron chi connectivity index (χ2n) is 7.53. The standard InChI is InChI=1S/C15H22O5/c1-12(2)9-7-11-13(3,18-11)6-5-10-14(4,17-10)8-15(9,16)20-19-12/h7,10-11,16H,5-6,8H2,1-4H3/t10-,11-,13-,14-,15-/m0/s1. The topological polar surface area (TPSA) is 63.8 Å². The van der Waals surface area contributed by atoms with Crippen molar-refractivity contribution >= 4 is 0 Å². The van der Waals surface area contributed by atoms with E-state index in [1.807, 2.05) is 26.8 Å². The smallest absolute Gasteiger partial charge is 0.227 e. The fourth-order valence-electron chi connectivity index (χ4n) is 3.71. The molecule has 3 fully saturated rings. The zero-order chi connectivity index (χ0) is 14.4. The molecule has 5 nitrogen and oxygen atoms in total. The Labute approximate surface area is 118 Å². The summed E-state index contributed by atoms with van der Waals surface area (Å²) in [6, 6.07) is 0. The molecule has 5 heteroatoms. The molecule has 3 saturated heterocycles. The van der Waals surface area contributed by atoms with Gasteiger partial charge in [-0.05, 0) is 46.6 Å². The van der Waals surface area contributed by atoms with E-state index in [0.717, 1.165) is 18.4 Å². The van der Waals surface area contributed by atoms with Crippen LogP contribution >= 0.6 is 0 Å². The molecule has 4 aliphatic rings. The van der Waals surface area contributed by atoms with Crippen molar-refractivity contribution in [3.05, 3.63) is 11.6 Å². The van der Waals surface area contributed by atoms with Crippen LogP contribution < -0.4 is 0 Å². The van der Waals surface area contributed by atoms with Crippen LogP contribution in [0.4, 0.5) is 0 Å². The van der Waals surface area contributed by atoms with Crippen molar-refractivity contribution in [1.29, 1.82) is 0 Å². The van der Waals surface area contributed by atoms with Gasteiger partial charge in [-0.25, -0.2) is 4.89 Å². The molecule has 3 heterocycles. The van der Waals surface area contributed by atoms with Gasteiger partial charge in [0.1, 0.15) is 11.7 Å². The number of aliphatic hydroxyl groups is 1. The van der Waals surface area contributed by atoms with Crippen molar-refractivity contribution in [2.75, 3.05) is 0 Å². The van der Waals surface area contributed by atoms with Crippen molar-refractivity contribution in [2.24, 2.45) is 0 Å². The molecule has 0 aromatic heterocycles. The van der Waals surface area contributed by atoms with E-state index >= 15 is 0 Å². The quantitative estimate of drug-likeness (QED) is 0.417. The highest BCUT2D eigenvalue weighted by atomic mass is 17.2. The molecule has 5 atom stereocenters. The van der Waals surface area contributed by atoms with Crippen LogP contribution in [0.2, 0.25) is 0 Å². The van der Waals surface area contributed by atoms with Gasteiger partial charge in [-0.1, -0.05) is 0 Å². The van der Waals surface area contributed by atoms with Crippen LogP contribution in [0.5, 0.6) is 0 Å². The minimum atomic E-state index is -1.42. The molecule has 1 aliphatic carbocycles. The third kappa shape index (κ3) is 1.74. The minimum Gasteiger partial charge on any atom is -0.366 e. The van der Waals surface area contributed by atoms with Gasteiger partial charge in [-0.15, -0.1) is 0 Å². The highest BCUT2D eigenvalue weighted by molar-refractivity contribution is 5.32. The highest BCUT2D eigenvalue weighted by Crippen LogP contribution is 2.55. The van der Waals surface area contributed by atoms with E-state index < -0.39 is 11.4 Å². The Balaban J connectivity index is 1.75. The van der Waals surface area contributed by atoms with Gasteiger partial charge in [0.15, 0.2) is 0 Å². The van der Waals surface area contributed by atoms with Gasteiger partial charge in [0.05, 0.1) is 17.3 Å². The van der Waals surface area contributed by atoms with E-state index in [1.54, 1.807) is 0 Å². The van der Waals surface area contributed by atoms with E-state index in [1.165, 1.54) is 0 Å². The van der Waals surface area contributed by atoms with Gasteiger partial charge in [0.2, 0.25) is 5.79 Å². The fourth-order valence-corrected chi connectivity index (χ4v) is 3.71. The Morgan fingerprint density at radius 1 is 1.10 bits per heavy atom. The number of fused-ring (bicyclic) bond motifs is 3. The maximum absolute atomic E-state index is 10.9. The second-order valence-corrected chi connectivity index (χ2v) is 7.53. The molecule has 3 aliphatic heterocycles. The summed E-state index contributed by atoms with van der Waals surface area (Å²) in [5.41, 5.74) is -0.385. The first-order chi connectivity index (χ1) is 9.17. The summed E-state index contributed by atoms with van der Waals surface area (Å²) in [6.07, 6.45) is 4.49. The molecule has 0 spiro atoms. The maximum atomic E-state index is 10.9. The predicted octanol–water partition coefficient (Wildman–Crippen LogP) is 1.84. The molecule has 0 bridgehead atoms. The molecule has 0 saturated carbocycles. The highest BCUT2D eigenvalue weighted by Gasteiger charge is 2.64. The van der Waals surface area contributed by atoms with Crippen LogP contribution in [-0.4, -0.2) is 39.9 Å². The molecule has 1 N–H and O–H groups in total. The third-order valence-electron chi connectivity index (χ3n) is 5.25. The van der Waals surface area contributed by atoms with Gasteiger partial charge in [-0.3, -0.25) is 0 Å². The Morgan fingerprint density at radius 2 is 1.85 bits per heavy atom. The summed E-state index contributed by atoms with van der Waals surface area (Å²) in [4.78, 5) is 10.7. The Hall–Kier alpha value is -0.460. The number of ether oxygens (including phenoxy) is 2. The van der Waals surface area contributed by atoms with Crippen molar-refractivity contribution < 1.29 is 24.4 Å². The van der Waals surface area contributed by atoms with Crippen molar-refractivity contribution in [3.8, 4) is 0 Å². The number of epoxide rings is 2. The first-order valence-corrected chi connectivity index (χ1v) is 7.35. The van der Waals surface area contributed by atoms with Crippen LogP contribution in [0.3, 0.4) is 0 Å². The van der Waals surface area contributed by atoms with Gasteiger partial charge < -0.3 is 14.6 Å². The summed E-state index contributed by atoms with van der Waals surface area (Å²) >= 11 is 0. The maximum Gasteiger partial charge on any atom is 0.227 e. The predicted molar refractivity (Wildman–Crippen MR) is 69.7 cm³/mol. The summed E-state index contributed by atoms with van der Waals surface area (Å²) in [5, 5.41) is 10.9. The first kappa shape index (κ1) is 13.2. The van der Waals surface area contributed by atoms with Crippen molar-refractivity contribution in [3.63, 3.8) is 0 Å². The average molecular weight is 282 g/mol. The van der Waals surface area contributed by atoms with E-state index in [9.17, 15) is 5.11 Å². The molecule has 4 rings (SSSR count). The number of hydrogen-bond donors (Lipinski definition) is 1. The van der Waals surface area contributed by atoms with Gasteiger partial charge in [-0.2, -0.15) is 4.89 Å². The van der Waals surface area contributed by atoms with E-state index in [4.69, 9.17) is 19.2 Å². The van der Waals surface area contributed by atoms with Crippen LogP contribution in [-0.2, 0) is 19.2 Å². The van der Waals surface area contributed by atoms with Crippen molar-refractivity contribution in [2.45, 2.75) is 81.8 Å². The van der Waals surface area contributed by atoms with E-state index in [2.05, 4.69) is 6.92 Å². The molecule has 0 aromatic rings. The Bertz CT molecular complexity index is 500. The zero-order valence-corrected chi connectivity index (χ0v) is 12.4. The molecule has 0 radical (unpaired) electrons. The number of hydrogen-bond acceptors (Lipinski definition) is 5. The minimum absolute atomic E-state index is 0.0247. The molecule has 0 unspecified atom stereocenters. The monoisotopic (exact) mass is 282 g/mol. The lowest BCUT2D eigenvalue weighted by molar-refractivity contribution is -0.391. The second kappa shape index (κ2) is 3.47. The molecule has 112 valence electrons. The van der Waals surface area contributed by atoms with Crippen LogP contribution in [0.1, 0.15) is 47.0 Å². The van der Waals surface area contributed by atoms with E-state index in [0.29, 0.717) is 6.42 Å². The molecule has 0 aromatic carbocycles. The summed E-state index contributed by atoms with van der Waals surface area (Å²) in [5.74, 6) is -1.42. The van der Waals surface area contributed by atoms with Gasteiger partial charge in [0, 0.05) is 12.0 Å². The molecular formula is C15H22O5. The Kier molecular flexibility index (Phi) is 2.29. The lowest BCUT2D eigenvalue weighted by Gasteiger charge is -2.26. The largest absolute Gasteiger partial charge is 0.366 e. The van der Waals surface area contributed by atoms with Gasteiger partial charge in [0.25, 0.3) is 0 Å². The lowest BCUT2D eigenvalue weighted by Crippen LogP contribution is -2.39. The van der Waals surface area contributed by atoms with Crippen molar-refractivity contribution in [1.82, 2.24) is 0 Å². The average Bonchev–Trinajstić information content (AvgIpc) is 3.15. The van der Waals surface area contributed by atoms with Crippen LogP contribution in [0.15, 0.2) is 11.6 Å². The summed E-state index contributed by atoms with van der Waals surface area (Å²) in [7, 11) is 0.